The summed E-state index contributed by atoms with van der Waals surface area (Å²) in [6.07, 6.45) is 7.63. The summed E-state index contributed by atoms with van der Waals surface area (Å²) < 4.78 is 18.3. The molecule has 0 N–H and O–H groups in total. The van der Waals surface area contributed by atoms with E-state index in [4.69, 9.17) is 18.3 Å². The normalized spacial score (nSPS) is 25.7. The van der Waals surface area contributed by atoms with Crippen molar-refractivity contribution in [3.8, 4) is 0 Å². The number of unbranched alkanes of at least 4 members (excludes halogenated alkanes) is 1. The molecule has 0 aromatic heterocycles. The van der Waals surface area contributed by atoms with Crippen molar-refractivity contribution in [2.24, 2.45) is 4.99 Å². The van der Waals surface area contributed by atoms with Crippen LogP contribution in [0.1, 0.15) is 31.7 Å². The molecule has 1 aromatic carbocycles. The molecule has 0 atom stereocenters. The fourth-order valence-corrected chi connectivity index (χ4v) is 6.89. The first kappa shape index (κ1) is 22.7. The number of aliphatic imine (C=N–C) groups is 1. The molecule has 3 aliphatic heterocycles. The van der Waals surface area contributed by atoms with Gasteiger partial charge in [-0.2, -0.15) is 0 Å². The Morgan fingerprint density at radius 1 is 1.07 bits per heavy atom. The number of hydrogen-bond donors (Lipinski definition) is 0. The van der Waals surface area contributed by atoms with Gasteiger partial charge in [0.2, 0.25) is 0 Å². The Hall–Kier alpha value is -0.963. The molecule has 0 saturated carbocycles. The molecule has 5 nitrogen and oxygen atoms in total. The first-order chi connectivity index (χ1) is 14.3. The average molecular weight is 435 g/mol. The van der Waals surface area contributed by atoms with Crippen LogP contribution in [0.2, 0.25) is 6.04 Å². The van der Waals surface area contributed by atoms with Crippen LogP contribution in [0.5, 0.6) is 0 Å². The first-order valence-corrected chi connectivity index (χ1v) is 13.7. The SMILES string of the molecule is CCCCSC(C=NCCC[Si]12OCCN(CCO1)CCO2)=Cc1ccccc1. The van der Waals surface area contributed by atoms with Gasteiger partial charge in [-0.05, 0) is 30.2 Å². The summed E-state index contributed by atoms with van der Waals surface area (Å²) in [5.41, 5.74) is 1.22. The van der Waals surface area contributed by atoms with E-state index < -0.39 is 8.80 Å². The number of thioether (sulfide) groups is 1. The van der Waals surface area contributed by atoms with Gasteiger partial charge in [0, 0.05) is 43.3 Å². The van der Waals surface area contributed by atoms with Crippen LogP contribution in [-0.4, -0.2) is 71.7 Å². The zero-order valence-corrected chi connectivity index (χ0v) is 19.4. The van der Waals surface area contributed by atoms with Crippen molar-refractivity contribution in [2.45, 2.75) is 32.2 Å². The number of fused-ring (bicyclic) bond motifs is 6. The van der Waals surface area contributed by atoms with Crippen LogP contribution in [0.25, 0.3) is 6.08 Å². The van der Waals surface area contributed by atoms with Gasteiger partial charge in [-0.1, -0.05) is 43.7 Å². The monoisotopic (exact) mass is 434 g/mol. The highest BCUT2D eigenvalue weighted by atomic mass is 32.2. The summed E-state index contributed by atoms with van der Waals surface area (Å²) >= 11 is 1.89. The van der Waals surface area contributed by atoms with E-state index in [1.54, 1.807) is 0 Å². The summed E-state index contributed by atoms with van der Waals surface area (Å²) in [6, 6.07) is 11.3. The van der Waals surface area contributed by atoms with Gasteiger partial charge in [0.15, 0.2) is 0 Å². The minimum atomic E-state index is -2.51. The quantitative estimate of drug-likeness (QED) is 0.311. The molecule has 29 heavy (non-hydrogen) atoms. The summed E-state index contributed by atoms with van der Waals surface area (Å²) in [7, 11) is -2.51. The van der Waals surface area contributed by atoms with E-state index in [9.17, 15) is 0 Å². The Kier molecular flexibility index (Phi) is 9.92. The van der Waals surface area contributed by atoms with E-state index in [2.05, 4.69) is 42.2 Å². The van der Waals surface area contributed by atoms with Crippen molar-refractivity contribution in [1.29, 1.82) is 0 Å². The maximum Gasteiger partial charge on any atom is 0.501 e. The summed E-state index contributed by atoms with van der Waals surface area (Å²) in [5, 5.41) is 0. The Bertz CT molecular complexity index is 630. The van der Waals surface area contributed by atoms with Gasteiger partial charge in [-0.3, -0.25) is 9.89 Å². The van der Waals surface area contributed by atoms with Crippen LogP contribution in [0.15, 0.2) is 40.2 Å². The molecule has 3 saturated heterocycles. The minimum absolute atomic E-state index is 0.716. The second kappa shape index (κ2) is 12.7. The number of benzene rings is 1. The van der Waals surface area contributed by atoms with Crippen LogP contribution < -0.4 is 0 Å². The van der Waals surface area contributed by atoms with E-state index >= 15 is 0 Å². The van der Waals surface area contributed by atoms with E-state index in [-0.39, 0.29) is 0 Å². The van der Waals surface area contributed by atoms with Gasteiger partial charge in [0.25, 0.3) is 0 Å². The molecule has 2 bridgehead atoms. The van der Waals surface area contributed by atoms with Crippen molar-refractivity contribution in [3.63, 3.8) is 0 Å². The molecule has 3 aliphatic rings. The maximum absolute atomic E-state index is 6.10. The third-order valence-corrected chi connectivity index (χ3v) is 9.00. The molecule has 0 aliphatic carbocycles. The zero-order valence-electron chi connectivity index (χ0n) is 17.6. The molecule has 0 spiro atoms. The highest BCUT2D eigenvalue weighted by Gasteiger charge is 2.43. The largest absolute Gasteiger partial charge is 0.501 e. The van der Waals surface area contributed by atoms with Crippen LogP contribution in [0.4, 0.5) is 0 Å². The molecule has 3 heterocycles. The third-order valence-electron chi connectivity index (χ3n) is 5.05. The van der Waals surface area contributed by atoms with Crippen molar-refractivity contribution in [1.82, 2.24) is 4.90 Å². The standard InChI is InChI=1S/C22H34N2O3SSi/c1-2-3-17-28-22(19-21-8-5-4-6-9-21)20-23-10-7-18-29-25-14-11-24(12-15-26-29)13-16-27-29/h4-6,8-9,19-20H,2-3,7,10-18H2,1H3. The Labute approximate surface area is 180 Å². The van der Waals surface area contributed by atoms with E-state index in [1.807, 2.05) is 24.0 Å². The highest BCUT2D eigenvalue weighted by molar-refractivity contribution is 8.04. The number of nitrogens with zero attached hydrogens (tertiary/aromatic N) is 2. The molecule has 0 radical (unpaired) electrons. The number of allylic oxidation sites excluding steroid dienone is 1. The lowest BCUT2D eigenvalue weighted by Gasteiger charge is -2.38. The molecule has 0 amide bonds. The van der Waals surface area contributed by atoms with Gasteiger partial charge in [-0.25, -0.2) is 0 Å². The van der Waals surface area contributed by atoms with Gasteiger partial charge in [0.1, 0.15) is 0 Å². The van der Waals surface area contributed by atoms with E-state index in [0.29, 0.717) is 19.8 Å². The van der Waals surface area contributed by atoms with Crippen molar-refractivity contribution in [2.75, 3.05) is 51.8 Å². The molecule has 1 aromatic rings. The summed E-state index contributed by atoms with van der Waals surface area (Å²) in [4.78, 5) is 8.28. The van der Waals surface area contributed by atoms with Gasteiger partial charge in [0.05, 0.1) is 19.8 Å². The van der Waals surface area contributed by atoms with Crippen LogP contribution in [0.3, 0.4) is 0 Å². The Balaban J connectivity index is 1.51. The van der Waals surface area contributed by atoms with Gasteiger partial charge in [-0.15, -0.1) is 11.8 Å². The molecular weight excluding hydrogens is 400 g/mol. The fourth-order valence-electron chi connectivity index (χ4n) is 3.37. The van der Waals surface area contributed by atoms with Gasteiger partial charge >= 0.3 is 8.80 Å². The topological polar surface area (TPSA) is 43.3 Å². The molecular formula is C22H34N2O3SSi. The highest BCUT2D eigenvalue weighted by Crippen LogP contribution is 2.22. The lowest BCUT2D eigenvalue weighted by atomic mass is 10.2. The predicted octanol–water partition coefficient (Wildman–Crippen LogP) is 4.34. The van der Waals surface area contributed by atoms with Crippen molar-refractivity contribution >= 4 is 32.9 Å². The van der Waals surface area contributed by atoms with Crippen molar-refractivity contribution in [3.05, 3.63) is 40.8 Å². The van der Waals surface area contributed by atoms with Gasteiger partial charge < -0.3 is 13.3 Å². The minimum Gasteiger partial charge on any atom is -0.372 e. The van der Waals surface area contributed by atoms with Crippen molar-refractivity contribution < 1.29 is 13.3 Å². The second-order valence-corrected chi connectivity index (χ2v) is 11.3. The zero-order chi connectivity index (χ0) is 20.2. The number of hydrogen-bond acceptors (Lipinski definition) is 6. The number of rotatable bonds is 10. The average Bonchev–Trinajstić information content (AvgIpc) is 2.69. The molecule has 4 rings (SSSR count). The predicted molar refractivity (Wildman–Crippen MR) is 125 cm³/mol. The molecule has 0 unspecified atom stereocenters. The van der Waals surface area contributed by atoms with E-state index in [1.165, 1.54) is 23.3 Å². The fraction of sp³-hybridized carbons (Fsp3) is 0.591. The maximum atomic E-state index is 6.10. The summed E-state index contributed by atoms with van der Waals surface area (Å²) in [5.74, 6) is 1.13. The Morgan fingerprint density at radius 3 is 2.41 bits per heavy atom. The second-order valence-electron chi connectivity index (χ2n) is 7.37. The molecule has 160 valence electrons. The van der Waals surface area contributed by atoms with Crippen LogP contribution in [0, 0.1) is 0 Å². The van der Waals surface area contributed by atoms with Crippen LogP contribution in [-0.2, 0) is 13.3 Å². The molecule has 3 fully saturated rings. The lowest BCUT2D eigenvalue weighted by Crippen LogP contribution is -2.55. The third kappa shape index (κ3) is 8.00. The Morgan fingerprint density at radius 2 is 1.76 bits per heavy atom. The smallest absolute Gasteiger partial charge is 0.372 e. The molecule has 7 heteroatoms. The first-order valence-electron chi connectivity index (χ1n) is 10.8. The summed E-state index contributed by atoms with van der Waals surface area (Å²) in [6.45, 7) is 8.12. The van der Waals surface area contributed by atoms with Crippen LogP contribution >= 0.6 is 11.8 Å². The lowest BCUT2D eigenvalue weighted by molar-refractivity contribution is -0.00841. The van der Waals surface area contributed by atoms with E-state index in [0.717, 1.165) is 44.4 Å².